The summed E-state index contributed by atoms with van der Waals surface area (Å²) in [5.41, 5.74) is 5.50. The molecule has 0 amide bonds. The highest BCUT2D eigenvalue weighted by Crippen LogP contribution is 2.37. The van der Waals surface area contributed by atoms with Gasteiger partial charge in [-0.15, -0.1) is 0 Å². The molecule has 2 rings (SSSR count). The zero-order valence-electron chi connectivity index (χ0n) is 9.16. The minimum Gasteiger partial charge on any atom is -0.501 e. The molecule has 2 unspecified atom stereocenters. The molecule has 2 N–H and O–H groups in total. The highest BCUT2D eigenvalue weighted by atomic mass is 16.7. The van der Waals surface area contributed by atoms with Crippen molar-refractivity contribution in [1.82, 2.24) is 0 Å². The fourth-order valence-corrected chi connectivity index (χ4v) is 2.11. The van der Waals surface area contributed by atoms with Crippen molar-refractivity contribution in [2.45, 2.75) is 31.4 Å². The Morgan fingerprint density at radius 3 is 3.13 bits per heavy atom. The molecule has 84 valence electrons. The van der Waals surface area contributed by atoms with Crippen LogP contribution in [0.3, 0.4) is 0 Å². The first-order valence-corrected chi connectivity index (χ1v) is 5.13. The van der Waals surface area contributed by atoms with E-state index in [0.29, 0.717) is 6.79 Å². The third kappa shape index (κ3) is 2.16. The Morgan fingerprint density at radius 2 is 2.47 bits per heavy atom. The molecule has 0 saturated heterocycles. The summed E-state index contributed by atoms with van der Waals surface area (Å²) in [5, 5.41) is 0. The zero-order chi connectivity index (χ0) is 10.9. The second-order valence-electron chi connectivity index (χ2n) is 4.19. The van der Waals surface area contributed by atoms with Gasteiger partial charge in [0, 0.05) is 18.5 Å². The van der Waals surface area contributed by atoms with Crippen LogP contribution in [-0.4, -0.2) is 25.5 Å². The molecule has 0 fully saturated rings. The molecular weight excluding hydrogens is 194 g/mol. The van der Waals surface area contributed by atoms with Crippen molar-refractivity contribution in [1.29, 1.82) is 0 Å². The number of fused-ring (bicyclic) bond motifs is 1. The number of rotatable bonds is 3. The minimum absolute atomic E-state index is 0.0943. The molecule has 4 heteroatoms. The van der Waals surface area contributed by atoms with Gasteiger partial charge in [0.1, 0.15) is 17.1 Å². The van der Waals surface area contributed by atoms with Crippen LogP contribution in [0, 0.1) is 0 Å². The van der Waals surface area contributed by atoms with Gasteiger partial charge in [-0.05, 0) is 19.4 Å². The van der Waals surface area contributed by atoms with Gasteiger partial charge < -0.3 is 19.9 Å². The van der Waals surface area contributed by atoms with E-state index in [4.69, 9.17) is 19.9 Å². The molecular formula is C11H17NO3. The number of hydrogen-bond acceptors (Lipinski definition) is 4. The average molecular weight is 211 g/mol. The standard InChI is InChI=1S/C11H17NO3/c1-8(12)4-11-5-9(13-2)3-10(6-11)14-7-15-11/h3,6,8H,4-5,7,12H2,1-2H3. The lowest BCUT2D eigenvalue weighted by Crippen LogP contribution is -2.42. The molecule has 1 aliphatic carbocycles. The van der Waals surface area contributed by atoms with Crippen LogP contribution in [0.2, 0.25) is 0 Å². The molecule has 0 aromatic carbocycles. The van der Waals surface area contributed by atoms with Crippen LogP contribution in [0.15, 0.2) is 23.7 Å². The van der Waals surface area contributed by atoms with Gasteiger partial charge >= 0.3 is 0 Å². The summed E-state index contributed by atoms with van der Waals surface area (Å²) in [6.07, 6.45) is 5.42. The van der Waals surface area contributed by atoms with Crippen molar-refractivity contribution in [3.8, 4) is 0 Å². The van der Waals surface area contributed by atoms with Gasteiger partial charge in [0.05, 0.1) is 7.11 Å². The molecule has 1 heterocycles. The van der Waals surface area contributed by atoms with E-state index in [0.717, 1.165) is 24.4 Å². The number of hydrogen-bond donors (Lipinski definition) is 1. The fraction of sp³-hybridized carbons (Fsp3) is 0.636. The summed E-state index contributed by atoms with van der Waals surface area (Å²) in [6.45, 7) is 2.28. The van der Waals surface area contributed by atoms with Gasteiger partial charge in [-0.3, -0.25) is 0 Å². The molecule has 0 spiro atoms. The first-order valence-electron chi connectivity index (χ1n) is 5.13. The van der Waals surface area contributed by atoms with Gasteiger partial charge in [-0.25, -0.2) is 0 Å². The van der Waals surface area contributed by atoms with Crippen LogP contribution in [0.1, 0.15) is 19.8 Å². The predicted molar refractivity (Wildman–Crippen MR) is 55.8 cm³/mol. The minimum atomic E-state index is -0.332. The zero-order valence-corrected chi connectivity index (χ0v) is 9.16. The summed E-state index contributed by atoms with van der Waals surface area (Å²) in [5.74, 6) is 1.71. The van der Waals surface area contributed by atoms with Crippen LogP contribution in [-0.2, 0) is 14.2 Å². The topological polar surface area (TPSA) is 53.7 Å². The van der Waals surface area contributed by atoms with Gasteiger partial charge in [-0.1, -0.05) is 0 Å². The fourth-order valence-electron chi connectivity index (χ4n) is 2.11. The average Bonchev–Trinajstić information content (AvgIpc) is 2.15. The SMILES string of the molecule is COC1=CC2=CC(CC(C)N)(C1)OCO2. The third-order valence-corrected chi connectivity index (χ3v) is 2.68. The van der Waals surface area contributed by atoms with Crippen molar-refractivity contribution in [2.24, 2.45) is 5.73 Å². The maximum Gasteiger partial charge on any atom is 0.190 e. The second-order valence-corrected chi connectivity index (χ2v) is 4.19. The van der Waals surface area contributed by atoms with E-state index in [-0.39, 0.29) is 11.6 Å². The monoisotopic (exact) mass is 211 g/mol. The second kappa shape index (κ2) is 3.87. The maximum atomic E-state index is 5.83. The molecule has 0 aromatic heterocycles. The first kappa shape index (κ1) is 10.5. The Morgan fingerprint density at radius 1 is 1.67 bits per heavy atom. The van der Waals surface area contributed by atoms with Crippen molar-refractivity contribution < 1.29 is 14.2 Å². The number of ether oxygens (including phenoxy) is 3. The maximum absolute atomic E-state index is 5.83. The van der Waals surface area contributed by atoms with Gasteiger partial charge in [-0.2, -0.15) is 0 Å². The Hall–Kier alpha value is -1.00. The van der Waals surface area contributed by atoms with Crippen LogP contribution < -0.4 is 5.73 Å². The molecule has 2 bridgehead atoms. The van der Waals surface area contributed by atoms with Gasteiger partial charge in [0.2, 0.25) is 0 Å². The highest BCUT2D eigenvalue weighted by Gasteiger charge is 2.38. The predicted octanol–water partition coefficient (Wildman–Crippen LogP) is 1.28. The van der Waals surface area contributed by atoms with E-state index in [1.54, 1.807) is 7.11 Å². The number of methoxy groups -OCH3 is 1. The molecule has 0 saturated carbocycles. The van der Waals surface area contributed by atoms with E-state index in [2.05, 4.69) is 0 Å². The van der Waals surface area contributed by atoms with E-state index in [1.165, 1.54) is 0 Å². The third-order valence-electron chi connectivity index (χ3n) is 2.68. The lowest BCUT2D eigenvalue weighted by molar-refractivity contribution is -0.133. The van der Waals surface area contributed by atoms with Gasteiger partial charge in [0.25, 0.3) is 0 Å². The molecule has 2 aliphatic rings. The van der Waals surface area contributed by atoms with E-state index in [9.17, 15) is 0 Å². The lowest BCUT2D eigenvalue weighted by Gasteiger charge is -2.38. The number of allylic oxidation sites excluding steroid dienone is 1. The summed E-state index contributed by atoms with van der Waals surface area (Å²) in [6, 6.07) is 0.0943. The Bertz CT molecular complexity index is 309. The normalized spacial score (nSPS) is 31.1. The summed E-state index contributed by atoms with van der Waals surface area (Å²) in [7, 11) is 1.66. The van der Waals surface area contributed by atoms with Crippen LogP contribution in [0.4, 0.5) is 0 Å². The van der Waals surface area contributed by atoms with Crippen molar-refractivity contribution >= 4 is 0 Å². The Kier molecular flexibility index (Phi) is 2.71. The first-order chi connectivity index (χ1) is 7.13. The molecule has 2 atom stereocenters. The summed E-state index contributed by atoms with van der Waals surface area (Å²) < 4.78 is 16.3. The van der Waals surface area contributed by atoms with E-state index >= 15 is 0 Å². The van der Waals surface area contributed by atoms with Crippen molar-refractivity contribution in [2.75, 3.05) is 13.9 Å². The Labute approximate surface area is 89.7 Å². The largest absolute Gasteiger partial charge is 0.501 e. The van der Waals surface area contributed by atoms with Gasteiger partial charge in [0.15, 0.2) is 6.79 Å². The van der Waals surface area contributed by atoms with E-state index < -0.39 is 0 Å². The quantitative estimate of drug-likeness (QED) is 0.764. The smallest absolute Gasteiger partial charge is 0.190 e. The lowest BCUT2D eigenvalue weighted by atomic mass is 9.86. The Balaban J connectivity index is 2.22. The molecule has 4 nitrogen and oxygen atoms in total. The van der Waals surface area contributed by atoms with E-state index in [1.807, 2.05) is 19.1 Å². The highest BCUT2D eigenvalue weighted by molar-refractivity contribution is 5.29. The van der Waals surface area contributed by atoms with Crippen molar-refractivity contribution in [3.63, 3.8) is 0 Å². The molecule has 15 heavy (non-hydrogen) atoms. The van der Waals surface area contributed by atoms with Crippen LogP contribution >= 0.6 is 0 Å². The summed E-state index contributed by atoms with van der Waals surface area (Å²) in [4.78, 5) is 0. The molecule has 0 radical (unpaired) electrons. The van der Waals surface area contributed by atoms with Crippen molar-refractivity contribution in [3.05, 3.63) is 23.7 Å². The van der Waals surface area contributed by atoms with Crippen LogP contribution in [0.5, 0.6) is 0 Å². The number of nitrogens with two attached hydrogens (primary N) is 1. The summed E-state index contributed by atoms with van der Waals surface area (Å²) >= 11 is 0. The molecule has 0 aromatic rings. The van der Waals surface area contributed by atoms with Crippen LogP contribution in [0.25, 0.3) is 0 Å². The molecule has 1 aliphatic heterocycles.